The molecule has 0 bridgehead atoms. The highest BCUT2D eigenvalue weighted by atomic mass is 32.1. The summed E-state index contributed by atoms with van der Waals surface area (Å²) in [6.07, 6.45) is 0. The Balaban J connectivity index is 1.30. The fourth-order valence-corrected chi connectivity index (χ4v) is 8.29. The predicted molar refractivity (Wildman–Crippen MR) is 210 cm³/mol. The van der Waals surface area contributed by atoms with E-state index in [2.05, 4.69) is 42.5 Å². The van der Waals surface area contributed by atoms with Gasteiger partial charge in [-0.1, -0.05) is 127 Å². The summed E-state index contributed by atoms with van der Waals surface area (Å²) < 4.78 is 47.5. The van der Waals surface area contributed by atoms with Crippen molar-refractivity contribution >= 4 is 81.3 Å². The molecule has 10 aromatic rings. The fraction of sp³-hybridized carbons (Fsp3) is 0. The van der Waals surface area contributed by atoms with Crippen molar-refractivity contribution in [3.63, 3.8) is 0 Å². The van der Waals surface area contributed by atoms with Crippen LogP contribution in [0.4, 0.5) is 17.1 Å². The second-order valence-electron chi connectivity index (χ2n) is 12.1. The minimum absolute atomic E-state index is 0.0961. The number of para-hydroxylation sites is 1. The van der Waals surface area contributed by atoms with Crippen LogP contribution >= 0.6 is 11.3 Å². The highest BCUT2D eigenvalue weighted by Crippen LogP contribution is 2.47. The summed E-state index contributed by atoms with van der Waals surface area (Å²) in [5.74, 6) is 0. The summed E-state index contributed by atoms with van der Waals surface area (Å²) in [7, 11) is 0. The average Bonchev–Trinajstić information content (AvgIpc) is 3.79. The number of nitrogens with zero attached hydrogens (tertiary/aromatic N) is 1. The molecule has 0 saturated heterocycles. The number of furan rings is 1. The van der Waals surface area contributed by atoms with Crippen LogP contribution in [0.25, 0.3) is 75.1 Å². The van der Waals surface area contributed by atoms with Gasteiger partial charge in [-0.25, -0.2) is 0 Å². The molecule has 0 radical (unpaired) electrons. The third kappa shape index (κ3) is 4.47. The van der Waals surface area contributed by atoms with Gasteiger partial charge >= 0.3 is 0 Å². The van der Waals surface area contributed by atoms with Gasteiger partial charge in [0, 0.05) is 42.2 Å². The minimum Gasteiger partial charge on any atom is -0.455 e. The van der Waals surface area contributed by atoms with E-state index in [0.29, 0.717) is 16.8 Å². The average molecular weight is 648 g/mol. The Labute approximate surface area is 293 Å². The Kier molecular flexibility index (Phi) is 5.51. The van der Waals surface area contributed by atoms with Crippen LogP contribution < -0.4 is 4.90 Å². The summed E-state index contributed by atoms with van der Waals surface area (Å²) in [4.78, 5) is 1.90. The SMILES string of the molecule is [2H]c1c([2H])c(N(c2ccccc2-c2ccccc2)c2cccc3oc4c5ccccc5ccc4c23)c([2H])c([2H])c1-c1cccc2sc3ccccc3c12. The Morgan fingerprint density at radius 1 is 0.469 bits per heavy atom. The largest absolute Gasteiger partial charge is 0.455 e. The van der Waals surface area contributed by atoms with Crippen LogP contribution in [0.5, 0.6) is 0 Å². The van der Waals surface area contributed by atoms with E-state index in [1.807, 2.05) is 114 Å². The first kappa shape index (κ1) is 24.1. The molecule has 3 heteroatoms. The van der Waals surface area contributed by atoms with Crippen LogP contribution in [0.15, 0.2) is 180 Å². The van der Waals surface area contributed by atoms with Gasteiger partial charge in [0.05, 0.1) is 22.2 Å². The first-order valence-electron chi connectivity index (χ1n) is 18.3. The van der Waals surface area contributed by atoms with Crippen LogP contribution in [-0.2, 0) is 0 Å². The molecule has 0 saturated carbocycles. The van der Waals surface area contributed by atoms with Gasteiger partial charge in [-0.05, 0) is 70.6 Å². The van der Waals surface area contributed by atoms with Gasteiger partial charge in [-0.15, -0.1) is 11.3 Å². The van der Waals surface area contributed by atoms with Gasteiger partial charge in [0.2, 0.25) is 0 Å². The van der Waals surface area contributed by atoms with Crippen LogP contribution in [0.2, 0.25) is 0 Å². The normalized spacial score (nSPS) is 12.8. The molecule has 8 aromatic carbocycles. The van der Waals surface area contributed by atoms with Crippen LogP contribution in [0.1, 0.15) is 5.48 Å². The monoisotopic (exact) mass is 647 g/mol. The first-order valence-corrected chi connectivity index (χ1v) is 17.1. The molecule has 230 valence electrons. The Hall–Kier alpha value is -6.16. The maximum absolute atomic E-state index is 9.75. The fourth-order valence-electron chi connectivity index (χ4n) is 7.16. The van der Waals surface area contributed by atoms with E-state index in [0.717, 1.165) is 64.1 Å². The van der Waals surface area contributed by atoms with Crippen LogP contribution in [-0.4, -0.2) is 0 Å². The number of hydrogen-bond acceptors (Lipinski definition) is 3. The van der Waals surface area contributed by atoms with Gasteiger partial charge in [0.1, 0.15) is 11.2 Å². The summed E-state index contributed by atoms with van der Waals surface area (Å²) in [6.45, 7) is 0. The molecule has 10 rings (SSSR count). The van der Waals surface area contributed by atoms with Crippen LogP contribution in [0, 0.1) is 0 Å². The zero-order valence-corrected chi connectivity index (χ0v) is 27.0. The minimum atomic E-state index is -0.129. The number of fused-ring (bicyclic) bond motifs is 8. The number of thiophene rings is 1. The second-order valence-corrected chi connectivity index (χ2v) is 13.2. The third-order valence-corrected chi connectivity index (χ3v) is 10.5. The number of rotatable bonds is 5. The molecule has 0 unspecified atom stereocenters. The molecular formula is C46H29NOS. The maximum atomic E-state index is 9.75. The highest BCUT2D eigenvalue weighted by molar-refractivity contribution is 7.25. The lowest BCUT2D eigenvalue weighted by Gasteiger charge is -2.28. The maximum Gasteiger partial charge on any atom is 0.143 e. The molecular weight excluding hydrogens is 615 g/mol. The molecule has 2 heterocycles. The summed E-state index contributed by atoms with van der Waals surface area (Å²) in [5, 5.41) is 5.76. The molecule has 0 amide bonds. The molecule has 0 N–H and O–H groups in total. The van der Waals surface area contributed by atoms with E-state index >= 15 is 0 Å². The lowest BCUT2D eigenvalue weighted by molar-refractivity contribution is 0.672. The first-order chi connectivity index (χ1) is 26.0. The molecule has 0 aliphatic heterocycles. The Bertz CT molecular complexity index is 3050. The van der Waals surface area contributed by atoms with Crippen molar-refractivity contribution in [3.8, 4) is 22.3 Å². The number of benzene rings is 8. The molecule has 2 aromatic heterocycles. The molecule has 2 nitrogen and oxygen atoms in total. The van der Waals surface area contributed by atoms with E-state index in [9.17, 15) is 5.48 Å². The third-order valence-electron chi connectivity index (χ3n) is 9.34. The van der Waals surface area contributed by atoms with E-state index in [4.69, 9.17) is 4.42 Å². The quantitative estimate of drug-likeness (QED) is 0.185. The summed E-state index contributed by atoms with van der Waals surface area (Å²) in [5.41, 5.74) is 5.83. The van der Waals surface area contributed by atoms with E-state index in [1.165, 1.54) is 0 Å². The van der Waals surface area contributed by atoms with Crippen molar-refractivity contribution in [2.45, 2.75) is 0 Å². The molecule has 0 aliphatic carbocycles. The van der Waals surface area contributed by atoms with Crippen molar-refractivity contribution in [3.05, 3.63) is 176 Å². The highest BCUT2D eigenvalue weighted by Gasteiger charge is 2.22. The van der Waals surface area contributed by atoms with Gasteiger partial charge in [0.25, 0.3) is 0 Å². The molecule has 0 spiro atoms. The number of hydrogen-bond donors (Lipinski definition) is 0. The predicted octanol–water partition coefficient (Wildman–Crippen LogP) is 13.9. The second kappa shape index (κ2) is 11.2. The van der Waals surface area contributed by atoms with Gasteiger partial charge in [0.15, 0.2) is 0 Å². The molecule has 0 fully saturated rings. The van der Waals surface area contributed by atoms with Crippen molar-refractivity contribution in [2.24, 2.45) is 0 Å². The Morgan fingerprint density at radius 2 is 1.16 bits per heavy atom. The van der Waals surface area contributed by atoms with E-state index < -0.39 is 0 Å². The Morgan fingerprint density at radius 3 is 2.06 bits per heavy atom. The van der Waals surface area contributed by atoms with E-state index in [1.54, 1.807) is 11.3 Å². The lowest BCUT2D eigenvalue weighted by atomic mass is 9.98. The zero-order chi connectivity index (χ0) is 35.8. The number of anilines is 3. The van der Waals surface area contributed by atoms with Crippen molar-refractivity contribution < 1.29 is 9.90 Å². The molecule has 0 atom stereocenters. The summed E-state index contributed by atoms with van der Waals surface area (Å²) in [6, 6.07) is 49.7. The van der Waals surface area contributed by atoms with Gasteiger partial charge < -0.3 is 9.32 Å². The van der Waals surface area contributed by atoms with Gasteiger partial charge in [-0.3, -0.25) is 0 Å². The van der Waals surface area contributed by atoms with Crippen molar-refractivity contribution in [1.82, 2.24) is 0 Å². The smallest absolute Gasteiger partial charge is 0.143 e. The topological polar surface area (TPSA) is 16.4 Å². The zero-order valence-electron chi connectivity index (χ0n) is 30.2. The lowest BCUT2D eigenvalue weighted by Crippen LogP contribution is -2.11. The van der Waals surface area contributed by atoms with Gasteiger partial charge in [-0.2, -0.15) is 0 Å². The van der Waals surface area contributed by atoms with Crippen molar-refractivity contribution in [1.29, 1.82) is 0 Å². The summed E-state index contributed by atoms with van der Waals surface area (Å²) >= 11 is 1.66. The van der Waals surface area contributed by atoms with E-state index in [-0.39, 0.29) is 35.4 Å². The molecule has 0 aliphatic rings. The molecule has 49 heavy (non-hydrogen) atoms. The standard InChI is InChI=1S/C46H29NOS/c1-2-12-30(13-3-1)34-15-6-8-19-39(34)47(40-20-11-21-41-45(40)38-29-26-31-14-4-5-16-36(31)46(38)48-41)33-27-24-32(25-28-33)35-18-10-23-43-44(35)37-17-7-9-22-42(37)49-43/h1-29H/i24D,25D,27D,28D. The van der Waals surface area contributed by atoms with Crippen LogP contribution in [0.3, 0.4) is 0 Å². The van der Waals surface area contributed by atoms with Crippen molar-refractivity contribution in [2.75, 3.05) is 4.90 Å².